The van der Waals surface area contributed by atoms with E-state index in [1.807, 2.05) is 0 Å². The highest BCUT2D eigenvalue weighted by Gasteiger charge is 2.34. The number of nitro benzene ring substituents is 2. The zero-order valence-electron chi connectivity index (χ0n) is 13.6. The molecule has 134 valence electrons. The molecule has 0 atom stereocenters. The van der Waals surface area contributed by atoms with Crippen molar-refractivity contribution in [3.05, 3.63) is 53.4 Å². The van der Waals surface area contributed by atoms with Crippen LogP contribution in [0.25, 0.3) is 11.0 Å². The summed E-state index contributed by atoms with van der Waals surface area (Å²) in [6.07, 6.45) is -0.632. The first kappa shape index (κ1) is 18.5. The maximum absolute atomic E-state index is 12.0. The highest BCUT2D eigenvalue weighted by Crippen LogP contribution is 2.40. The third-order valence-electron chi connectivity index (χ3n) is 3.61. The third kappa shape index (κ3) is 2.95. The summed E-state index contributed by atoms with van der Waals surface area (Å²) >= 11 is 0. The van der Waals surface area contributed by atoms with Crippen LogP contribution in [0.3, 0.4) is 0 Å². The minimum absolute atomic E-state index is 0.0311. The second kappa shape index (κ2) is 6.98. The number of nitro groups is 2. The topological polar surface area (TPSA) is 167 Å². The molecule has 0 saturated heterocycles. The molecule has 2 rings (SSSR count). The first-order chi connectivity index (χ1) is 12.2. The third-order valence-corrected chi connectivity index (χ3v) is 3.61. The number of aryl methyl sites for hydroxylation is 1. The molecule has 0 radical (unpaired) electrons. The predicted molar refractivity (Wildman–Crippen MR) is 85.8 cm³/mol. The molecule has 0 unspecified atom stereocenters. The van der Waals surface area contributed by atoms with Gasteiger partial charge in [-0.25, -0.2) is 9.59 Å². The van der Waals surface area contributed by atoms with Gasteiger partial charge in [-0.05, 0) is 19.9 Å². The van der Waals surface area contributed by atoms with Gasteiger partial charge in [-0.3, -0.25) is 20.2 Å². The maximum Gasteiger partial charge on any atom is 0.351 e. The molecule has 0 N–H and O–H groups in total. The van der Waals surface area contributed by atoms with Gasteiger partial charge in [0.1, 0.15) is 11.1 Å². The Hall–Kier alpha value is -3.81. The highest BCUT2D eigenvalue weighted by molar-refractivity contribution is 5.98. The van der Waals surface area contributed by atoms with Crippen molar-refractivity contribution in [3.63, 3.8) is 0 Å². The van der Waals surface area contributed by atoms with Crippen molar-refractivity contribution in [2.75, 3.05) is 6.61 Å². The molecular formula is C15H11N3O8. The van der Waals surface area contributed by atoms with Crippen LogP contribution in [0.15, 0.2) is 15.3 Å². The van der Waals surface area contributed by atoms with Crippen molar-refractivity contribution in [2.45, 2.75) is 20.3 Å². The summed E-state index contributed by atoms with van der Waals surface area (Å²) in [6, 6.07) is 2.59. The molecule has 11 heteroatoms. The van der Waals surface area contributed by atoms with Crippen molar-refractivity contribution in [1.29, 1.82) is 5.26 Å². The number of carbonyl (C=O) groups is 1. The molecule has 0 aliphatic carbocycles. The van der Waals surface area contributed by atoms with Crippen molar-refractivity contribution in [1.82, 2.24) is 0 Å². The van der Waals surface area contributed by atoms with E-state index in [0.29, 0.717) is 0 Å². The number of fused-ring (bicyclic) bond motifs is 1. The summed E-state index contributed by atoms with van der Waals surface area (Å²) in [6.45, 7) is 2.76. The van der Waals surface area contributed by atoms with Gasteiger partial charge in [-0.1, -0.05) is 0 Å². The largest absolute Gasteiger partial charge is 0.462 e. The second-order valence-electron chi connectivity index (χ2n) is 5.06. The zero-order valence-corrected chi connectivity index (χ0v) is 13.6. The summed E-state index contributed by atoms with van der Waals surface area (Å²) < 4.78 is 9.63. The van der Waals surface area contributed by atoms with Gasteiger partial charge in [0.15, 0.2) is 0 Å². The molecule has 1 heterocycles. The van der Waals surface area contributed by atoms with E-state index in [1.165, 1.54) is 13.8 Å². The van der Waals surface area contributed by atoms with Gasteiger partial charge >= 0.3 is 17.3 Å². The summed E-state index contributed by atoms with van der Waals surface area (Å²) in [5, 5.41) is 31.6. The van der Waals surface area contributed by atoms with Gasteiger partial charge in [0, 0.05) is 10.9 Å². The van der Waals surface area contributed by atoms with Gasteiger partial charge in [0.25, 0.3) is 5.69 Å². The van der Waals surface area contributed by atoms with Crippen LogP contribution in [0.4, 0.5) is 11.4 Å². The van der Waals surface area contributed by atoms with Gasteiger partial charge in [-0.15, -0.1) is 0 Å². The molecule has 0 amide bonds. The number of hydrogen-bond acceptors (Lipinski definition) is 9. The lowest BCUT2D eigenvalue weighted by Crippen LogP contribution is -2.17. The molecule has 0 bridgehead atoms. The Morgan fingerprint density at radius 2 is 1.92 bits per heavy atom. The molecule has 11 nitrogen and oxygen atoms in total. The van der Waals surface area contributed by atoms with E-state index in [0.717, 1.165) is 6.07 Å². The second-order valence-corrected chi connectivity index (χ2v) is 5.06. The van der Waals surface area contributed by atoms with E-state index in [9.17, 15) is 29.8 Å². The van der Waals surface area contributed by atoms with Crippen LogP contribution < -0.4 is 5.63 Å². The molecule has 0 aliphatic heterocycles. The number of esters is 1. The van der Waals surface area contributed by atoms with Crippen molar-refractivity contribution in [2.24, 2.45) is 0 Å². The van der Waals surface area contributed by atoms with Crippen LogP contribution >= 0.6 is 0 Å². The number of nitriles is 1. The van der Waals surface area contributed by atoms with Crippen molar-refractivity contribution < 1.29 is 23.8 Å². The quantitative estimate of drug-likeness (QED) is 0.335. The lowest BCUT2D eigenvalue weighted by atomic mass is 9.98. The van der Waals surface area contributed by atoms with E-state index >= 15 is 0 Å². The van der Waals surface area contributed by atoms with E-state index in [1.54, 1.807) is 6.07 Å². The van der Waals surface area contributed by atoms with Gasteiger partial charge in [-0.2, -0.15) is 5.26 Å². The normalized spacial score (nSPS) is 10.3. The molecule has 1 aromatic heterocycles. The Morgan fingerprint density at radius 3 is 2.42 bits per heavy atom. The Morgan fingerprint density at radius 1 is 1.31 bits per heavy atom. The zero-order chi connectivity index (χ0) is 19.6. The lowest BCUT2D eigenvalue weighted by molar-refractivity contribution is -0.395. The average Bonchev–Trinajstić information content (AvgIpc) is 2.54. The van der Waals surface area contributed by atoms with Gasteiger partial charge < -0.3 is 9.15 Å². The monoisotopic (exact) mass is 361 g/mol. The number of rotatable bonds is 5. The Kier molecular flexibility index (Phi) is 4.97. The van der Waals surface area contributed by atoms with Crippen LogP contribution in [-0.4, -0.2) is 22.4 Å². The fourth-order valence-corrected chi connectivity index (χ4v) is 2.57. The van der Waals surface area contributed by atoms with Crippen LogP contribution in [0.1, 0.15) is 28.4 Å². The number of carbonyl (C=O) groups excluding carboxylic acids is 1. The van der Waals surface area contributed by atoms with Gasteiger partial charge in [0.05, 0.1) is 28.9 Å². The first-order valence-corrected chi connectivity index (χ1v) is 7.20. The van der Waals surface area contributed by atoms with E-state index in [-0.39, 0.29) is 17.6 Å². The molecule has 0 spiro atoms. The molecule has 2 aromatic rings. The van der Waals surface area contributed by atoms with Crippen molar-refractivity contribution >= 4 is 28.3 Å². The molecule has 1 aromatic carbocycles. The molecule has 26 heavy (non-hydrogen) atoms. The van der Waals surface area contributed by atoms with E-state index in [2.05, 4.69) is 0 Å². The fourth-order valence-electron chi connectivity index (χ4n) is 2.57. The lowest BCUT2D eigenvalue weighted by Gasteiger charge is -2.09. The van der Waals surface area contributed by atoms with Gasteiger partial charge in [0.2, 0.25) is 5.58 Å². The Bertz CT molecular complexity index is 1050. The smallest absolute Gasteiger partial charge is 0.351 e. The minimum atomic E-state index is -1.18. The van der Waals surface area contributed by atoms with Crippen LogP contribution in [-0.2, 0) is 11.2 Å². The summed E-state index contributed by atoms with van der Waals surface area (Å²) in [7, 11) is 0. The Labute approximate surface area is 144 Å². The molecular weight excluding hydrogens is 350 g/mol. The molecule has 0 fully saturated rings. The number of nitrogens with zero attached hydrogens (tertiary/aromatic N) is 3. The summed E-state index contributed by atoms with van der Waals surface area (Å²) in [4.78, 5) is 44.9. The summed E-state index contributed by atoms with van der Waals surface area (Å²) in [5.74, 6) is -1.02. The van der Waals surface area contributed by atoms with E-state index < -0.39 is 55.9 Å². The van der Waals surface area contributed by atoms with Crippen LogP contribution in [0.5, 0.6) is 0 Å². The number of benzene rings is 1. The van der Waals surface area contributed by atoms with Crippen LogP contribution in [0.2, 0.25) is 0 Å². The molecule has 0 saturated carbocycles. The summed E-state index contributed by atoms with van der Waals surface area (Å²) in [5.41, 5.74) is -4.31. The average molecular weight is 361 g/mol. The predicted octanol–water partition coefficient (Wildman–Crippen LogP) is 2.16. The minimum Gasteiger partial charge on any atom is -0.462 e. The number of hydrogen-bond donors (Lipinski definition) is 0. The first-order valence-electron chi connectivity index (χ1n) is 7.20. The standard InChI is InChI=1S/C15H11N3O8/c1-3-25-14(19)10-6-9-7(2)11(17(21)22)8(4-5-16)12(18(23)24)13(9)26-15(10)20/h6H,3-4H2,1-2H3. The highest BCUT2D eigenvalue weighted by atomic mass is 16.6. The number of ether oxygens (including phenoxy) is 1. The SMILES string of the molecule is CCOC(=O)c1cc2c(C)c([N+](=O)[O-])c(CC#N)c([N+](=O)[O-])c2oc1=O. The van der Waals surface area contributed by atoms with E-state index in [4.69, 9.17) is 14.4 Å². The fraction of sp³-hybridized carbons (Fsp3) is 0.267. The Balaban J connectivity index is 3.05. The molecule has 0 aliphatic rings. The van der Waals surface area contributed by atoms with Crippen LogP contribution in [0, 0.1) is 38.5 Å². The maximum atomic E-state index is 12.0. The van der Waals surface area contributed by atoms with Crippen molar-refractivity contribution in [3.8, 4) is 6.07 Å².